The molecule has 3 aromatic heterocycles. The van der Waals surface area contributed by atoms with Gasteiger partial charge in [-0.05, 0) is 64.7 Å². The van der Waals surface area contributed by atoms with Crippen molar-refractivity contribution in [1.82, 2.24) is 15.0 Å². The second-order valence-corrected chi connectivity index (χ2v) is 6.69. The van der Waals surface area contributed by atoms with Crippen molar-refractivity contribution in [3.8, 4) is 0 Å². The predicted octanol–water partition coefficient (Wildman–Crippen LogP) is 5.54. The highest BCUT2D eigenvalue weighted by atomic mass is 15.0. The van der Waals surface area contributed by atoms with Gasteiger partial charge in [0, 0.05) is 36.7 Å². The van der Waals surface area contributed by atoms with Gasteiger partial charge in [-0.15, -0.1) is 0 Å². The zero-order valence-electron chi connectivity index (χ0n) is 16.3. The third-order valence-corrected chi connectivity index (χ3v) is 4.41. The molecule has 0 aliphatic rings. The van der Waals surface area contributed by atoms with Crippen molar-refractivity contribution < 1.29 is 0 Å². The first kappa shape index (κ1) is 19.1. The predicted molar refractivity (Wildman–Crippen MR) is 125 cm³/mol. The van der Waals surface area contributed by atoms with E-state index < -0.39 is 0 Å². The van der Waals surface area contributed by atoms with Gasteiger partial charge in [0.25, 0.3) is 0 Å². The number of hydrogen-bond acceptors (Lipinski definition) is 5. The van der Waals surface area contributed by atoms with E-state index in [-0.39, 0.29) is 0 Å². The van der Waals surface area contributed by atoms with Gasteiger partial charge >= 0.3 is 0 Å². The van der Waals surface area contributed by atoms with Crippen molar-refractivity contribution in [3.63, 3.8) is 0 Å². The van der Waals surface area contributed by atoms with Crippen LogP contribution < -0.4 is 11.1 Å². The summed E-state index contributed by atoms with van der Waals surface area (Å²) in [5, 5.41) is 3.26. The van der Waals surface area contributed by atoms with Crippen LogP contribution in [0.25, 0.3) is 24.3 Å². The molecule has 3 heterocycles. The normalized spacial score (nSPS) is 11.2. The van der Waals surface area contributed by atoms with Gasteiger partial charge in [-0.2, -0.15) is 0 Å². The van der Waals surface area contributed by atoms with E-state index in [4.69, 9.17) is 5.73 Å². The summed E-state index contributed by atoms with van der Waals surface area (Å²) in [7, 11) is 0. The zero-order valence-corrected chi connectivity index (χ0v) is 16.3. The standard InChI is InChI=1S/C25H21N5/c26-24-5-2-12-29-25(24)30-23-4-1-3-20(16-23)7-9-22-15-21(17-28-18-22)8-6-19-10-13-27-14-11-19/h1-18H,26H2,(H,29,30)/b8-6+,9-7?. The molecule has 0 amide bonds. The Labute approximate surface area is 175 Å². The average molecular weight is 391 g/mol. The van der Waals surface area contributed by atoms with Crippen LogP contribution in [0.4, 0.5) is 17.2 Å². The van der Waals surface area contributed by atoms with Gasteiger partial charge in [0.2, 0.25) is 0 Å². The van der Waals surface area contributed by atoms with Gasteiger partial charge in [-0.25, -0.2) is 4.98 Å². The molecular weight excluding hydrogens is 370 g/mol. The maximum absolute atomic E-state index is 5.96. The smallest absolute Gasteiger partial charge is 0.153 e. The van der Waals surface area contributed by atoms with Gasteiger partial charge in [0.05, 0.1) is 5.69 Å². The number of nitrogens with two attached hydrogens (primary N) is 1. The van der Waals surface area contributed by atoms with E-state index in [2.05, 4.69) is 32.4 Å². The number of nitrogens with one attached hydrogen (secondary N) is 1. The quantitative estimate of drug-likeness (QED) is 0.451. The number of benzene rings is 1. The lowest BCUT2D eigenvalue weighted by molar-refractivity contribution is 1.30. The molecule has 146 valence electrons. The second kappa shape index (κ2) is 9.30. The summed E-state index contributed by atoms with van der Waals surface area (Å²) in [6, 6.07) is 17.7. The fourth-order valence-electron chi connectivity index (χ4n) is 2.90. The van der Waals surface area contributed by atoms with E-state index in [1.54, 1.807) is 18.6 Å². The molecule has 0 fully saturated rings. The first-order valence-electron chi connectivity index (χ1n) is 9.55. The molecule has 0 unspecified atom stereocenters. The minimum Gasteiger partial charge on any atom is -0.396 e. The number of nitrogens with zero attached hydrogens (tertiary/aromatic N) is 3. The van der Waals surface area contributed by atoms with E-state index >= 15 is 0 Å². The van der Waals surface area contributed by atoms with Crippen LogP contribution in [0, 0.1) is 0 Å². The Bertz CT molecular complexity index is 1180. The number of rotatable bonds is 6. The maximum atomic E-state index is 5.96. The molecule has 0 spiro atoms. The molecule has 3 N–H and O–H groups in total. The number of pyridine rings is 3. The molecule has 0 aliphatic carbocycles. The molecule has 5 heteroatoms. The van der Waals surface area contributed by atoms with E-state index in [1.165, 1.54) is 0 Å². The summed E-state index contributed by atoms with van der Waals surface area (Å²) in [6.45, 7) is 0. The van der Waals surface area contributed by atoms with Gasteiger partial charge in [-0.3, -0.25) is 9.97 Å². The third-order valence-electron chi connectivity index (χ3n) is 4.41. The summed E-state index contributed by atoms with van der Waals surface area (Å²) < 4.78 is 0. The Balaban J connectivity index is 1.47. The highest BCUT2D eigenvalue weighted by Gasteiger charge is 2.00. The molecular formula is C25H21N5. The van der Waals surface area contributed by atoms with Crippen molar-refractivity contribution >= 4 is 41.5 Å². The fourth-order valence-corrected chi connectivity index (χ4v) is 2.90. The summed E-state index contributed by atoms with van der Waals surface area (Å²) in [5.41, 5.74) is 11.7. The van der Waals surface area contributed by atoms with Gasteiger partial charge in [-0.1, -0.05) is 36.4 Å². The lowest BCUT2D eigenvalue weighted by Gasteiger charge is -2.08. The third kappa shape index (κ3) is 5.17. The monoisotopic (exact) mass is 391 g/mol. The largest absolute Gasteiger partial charge is 0.396 e. The minimum atomic E-state index is 0.612. The van der Waals surface area contributed by atoms with Crippen molar-refractivity contribution in [1.29, 1.82) is 0 Å². The Hall–Kier alpha value is -4.25. The van der Waals surface area contributed by atoms with Crippen LogP contribution in [0.2, 0.25) is 0 Å². The molecule has 5 nitrogen and oxygen atoms in total. The lowest BCUT2D eigenvalue weighted by atomic mass is 10.1. The topological polar surface area (TPSA) is 76.7 Å². The minimum absolute atomic E-state index is 0.612. The second-order valence-electron chi connectivity index (χ2n) is 6.69. The van der Waals surface area contributed by atoms with Crippen LogP contribution >= 0.6 is 0 Å². The van der Waals surface area contributed by atoms with E-state index in [1.807, 2.05) is 79.2 Å². The summed E-state index contributed by atoms with van der Waals surface area (Å²) in [4.78, 5) is 12.6. The Morgan fingerprint density at radius 3 is 2.17 bits per heavy atom. The van der Waals surface area contributed by atoms with Crippen LogP contribution in [-0.4, -0.2) is 15.0 Å². The van der Waals surface area contributed by atoms with Crippen LogP contribution in [0.1, 0.15) is 22.3 Å². The molecule has 0 radical (unpaired) electrons. The fraction of sp³-hybridized carbons (Fsp3) is 0. The van der Waals surface area contributed by atoms with Gasteiger partial charge in [0.1, 0.15) is 0 Å². The lowest BCUT2D eigenvalue weighted by Crippen LogP contribution is -1.98. The Morgan fingerprint density at radius 2 is 1.40 bits per heavy atom. The van der Waals surface area contributed by atoms with Crippen LogP contribution in [0.3, 0.4) is 0 Å². The Kier molecular flexibility index (Phi) is 5.91. The molecule has 0 bridgehead atoms. The molecule has 30 heavy (non-hydrogen) atoms. The number of hydrogen-bond donors (Lipinski definition) is 2. The molecule has 4 rings (SSSR count). The molecule has 0 saturated heterocycles. The van der Waals surface area contributed by atoms with E-state index in [0.29, 0.717) is 11.5 Å². The van der Waals surface area contributed by atoms with Crippen LogP contribution in [0.5, 0.6) is 0 Å². The SMILES string of the molecule is Nc1cccnc1Nc1cccc(C=Cc2cncc(/C=C/c3ccncc3)c2)c1. The van der Waals surface area contributed by atoms with E-state index in [0.717, 1.165) is 27.9 Å². The maximum Gasteiger partial charge on any atom is 0.153 e. The highest BCUT2D eigenvalue weighted by molar-refractivity contribution is 5.75. The van der Waals surface area contributed by atoms with Crippen molar-refractivity contribution in [2.75, 3.05) is 11.1 Å². The first-order valence-corrected chi connectivity index (χ1v) is 9.55. The number of aromatic nitrogens is 3. The Morgan fingerprint density at radius 1 is 0.667 bits per heavy atom. The molecule has 0 saturated carbocycles. The van der Waals surface area contributed by atoms with Crippen molar-refractivity contribution in [2.45, 2.75) is 0 Å². The van der Waals surface area contributed by atoms with Gasteiger partial charge < -0.3 is 11.1 Å². The molecule has 4 aromatic rings. The summed E-state index contributed by atoms with van der Waals surface area (Å²) in [5.74, 6) is 0.650. The first-order chi connectivity index (χ1) is 14.8. The zero-order chi connectivity index (χ0) is 20.6. The van der Waals surface area contributed by atoms with Crippen molar-refractivity contribution in [2.24, 2.45) is 0 Å². The van der Waals surface area contributed by atoms with Crippen LogP contribution in [0.15, 0.2) is 85.6 Å². The number of anilines is 3. The van der Waals surface area contributed by atoms with E-state index in [9.17, 15) is 0 Å². The van der Waals surface area contributed by atoms with Crippen LogP contribution in [-0.2, 0) is 0 Å². The highest BCUT2D eigenvalue weighted by Crippen LogP contribution is 2.21. The number of nitrogen functional groups attached to an aromatic ring is 1. The molecule has 1 aromatic carbocycles. The van der Waals surface area contributed by atoms with Gasteiger partial charge in [0.15, 0.2) is 5.82 Å². The summed E-state index contributed by atoms with van der Waals surface area (Å²) in [6.07, 6.45) is 17.2. The average Bonchev–Trinajstić information content (AvgIpc) is 2.79. The summed E-state index contributed by atoms with van der Waals surface area (Å²) >= 11 is 0. The van der Waals surface area contributed by atoms with Crippen molar-refractivity contribution in [3.05, 3.63) is 108 Å². The molecule has 0 atom stereocenters. The molecule has 0 aliphatic heterocycles.